The molecule has 0 aliphatic rings. The van der Waals surface area contributed by atoms with E-state index in [1.54, 1.807) is 11.3 Å². The largest absolute Gasteiger partial charge is 0.293 e. The molecule has 72 valence electrons. The molecule has 1 aromatic rings. The van der Waals surface area contributed by atoms with Crippen molar-refractivity contribution < 1.29 is 4.79 Å². The standard InChI is InChI=1S/C11H16OS/c1-5-8-6-7-13-9(8)10(12)11(2,3)4/h6-7H,5H2,1-4H3. The number of thiophene rings is 1. The normalized spacial score (nSPS) is 11.7. The van der Waals surface area contributed by atoms with Gasteiger partial charge in [-0.15, -0.1) is 11.3 Å². The maximum absolute atomic E-state index is 11.9. The molecule has 0 saturated heterocycles. The summed E-state index contributed by atoms with van der Waals surface area (Å²) in [5, 5.41) is 2.00. The first-order valence-corrected chi connectivity index (χ1v) is 5.46. The molecule has 13 heavy (non-hydrogen) atoms. The van der Waals surface area contributed by atoms with E-state index in [2.05, 4.69) is 6.92 Å². The fourth-order valence-electron chi connectivity index (χ4n) is 1.15. The Balaban J connectivity index is 3.02. The zero-order chi connectivity index (χ0) is 10.1. The van der Waals surface area contributed by atoms with Crippen LogP contribution in [-0.2, 0) is 6.42 Å². The first-order valence-electron chi connectivity index (χ1n) is 4.58. The van der Waals surface area contributed by atoms with Gasteiger partial charge in [0, 0.05) is 5.41 Å². The van der Waals surface area contributed by atoms with E-state index in [0.29, 0.717) is 0 Å². The van der Waals surface area contributed by atoms with E-state index in [1.807, 2.05) is 32.2 Å². The van der Waals surface area contributed by atoms with Gasteiger partial charge in [0.05, 0.1) is 4.88 Å². The molecule has 0 atom stereocenters. The smallest absolute Gasteiger partial charge is 0.178 e. The highest BCUT2D eigenvalue weighted by atomic mass is 32.1. The highest BCUT2D eigenvalue weighted by Gasteiger charge is 2.25. The molecule has 1 aromatic heterocycles. The fraction of sp³-hybridized carbons (Fsp3) is 0.545. The Kier molecular flexibility index (Phi) is 2.91. The van der Waals surface area contributed by atoms with Crippen LogP contribution in [0.5, 0.6) is 0 Å². The second kappa shape index (κ2) is 3.62. The van der Waals surface area contributed by atoms with Crippen molar-refractivity contribution in [1.82, 2.24) is 0 Å². The van der Waals surface area contributed by atoms with E-state index >= 15 is 0 Å². The molecule has 0 aliphatic heterocycles. The number of hydrogen-bond acceptors (Lipinski definition) is 2. The highest BCUT2D eigenvalue weighted by Crippen LogP contribution is 2.27. The number of rotatable bonds is 2. The molecule has 1 rings (SSSR count). The zero-order valence-electron chi connectivity index (χ0n) is 8.68. The van der Waals surface area contributed by atoms with Crippen LogP contribution in [0.25, 0.3) is 0 Å². The number of aryl methyl sites for hydroxylation is 1. The Labute approximate surface area is 83.8 Å². The predicted molar refractivity (Wildman–Crippen MR) is 57.5 cm³/mol. The quantitative estimate of drug-likeness (QED) is 0.661. The van der Waals surface area contributed by atoms with Crippen molar-refractivity contribution in [3.63, 3.8) is 0 Å². The first-order chi connectivity index (χ1) is 5.96. The van der Waals surface area contributed by atoms with Gasteiger partial charge in [0.2, 0.25) is 0 Å². The molecule has 0 saturated carbocycles. The maximum Gasteiger partial charge on any atom is 0.178 e. The predicted octanol–water partition coefficient (Wildman–Crippen LogP) is 3.54. The van der Waals surface area contributed by atoms with Crippen molar-refractivity contribution in [2.75, 3.05) is 0 Å². The molecule has 0 aromatic carbocycles. The van der Waals surface area contributed by atoms with Gasteiger partial charge in [-0.1, -0.05) is 27.7 Å². The minimum absolute atomic E-state index is 0.255. The van der Waals surface area contributed by atoms with Gasteiger partial charge < -0.3 is 0 Å². The summed E-state index contributed by atoms with van der Waals surface area (Å²) >= 11 is 1.56. The van der Waals surface area contributed by atoms with Gasteiger partial charge in [-0.3, -0.25) is 4.79 Å². The van der Waals surface area contributed by atoms with Gasteiger partial charge in [0.1, 0.15) is 0 Å². The van der Waals surface area contributed by atoms with Crippen LogP contribution in [-0.4, -0.2) is 5.78 Å². The van der Waals surface area contributed by atoms with Crippen molar-refractivity contribution >= 4 is 17.1 Å². The fourth-order valence-corrected chi connectivity index (χ4v) is 2.30. The van der Waals surface area contributed by atoms with Crippen molar-refractivity contribution in [2.24, 2.45) is 5.41 Å². The summed E-state index contributed by atoms with van der Waals surface area (Å²) in [4.78, 5) is 12.9. The van der Waals surface area contributed by atoms with E-state index in [4.69, 9.17) is 0 Å². The second-order valence-electron chi connectivity index (χ2n) is 4.21. The summed E-state index contributed by atoms with van der Waals surface area (Å²) in [7, 11) is 0. The van der Waals surface area contributed by atoms with E-state index in [1.165, 1.54) is 5.56 Å². The first kappa shape index (κ1) is 10.5. The number of ketones is 1. The molecule has 0 aliphatic carbocycles. The Hall–Kier alpha value is -0.630. The topological polar surface area (TPSA) is 17.1 Å². The van der Waals surface area contributed by atoms with Gasteiger partial charge in [-0.05, 0) is 23.4 Å². The minimum Gasteiger partial charge on any atom is -0.293 e. The third-order valence-corrected chi connectivity index (χ3v) is 2.97. The van der Waals surface area contributed by atoms with Crippen LogP contribution in [0.15, 0.2) is 11.4 Å². The molecular formula is C11H16OS. The lowest BCUT2D eigenvalue weighted by Crippen LogP contribution is -2.20. The Bertz CT molecular complexity index is 304. The van der Waals surface area contributed by atoms with Gasteiger partial charge in [0.25, 0.3) is 0 Å². The minimum atomic E-state index is -0.255. The van der Waals surface area contributed by atoms with Crippen molar-refractivity contribution in [3.05, 3.63) is 21.9 Å². The zero-order valence-corrected chi connectivity index (χ0v) is 9.49. The second-order valence-corrected chi connectivity index (χ2v) is 5.12. The third kappa shape index (κ3) is 2.19. The van der Waals surface area contributed by atoms with E-state index < -0.39 is 0 Å². The van der Waals surface area contributed by atoms with Crippen molar-refractivity contribution in [1.29, 1.82) is 0 Å². The average Bonchev–Trinajstić information content (AvgIpc) is 2.48. The molecule has 0 radical (unpaired) electrons. The van der Waals surface area contributed by atoms with Crippen LogP contribution in [0.4, 0.5) is 0 Å². The van der Waals surface area contributed by atoms with Crippen LogP contribution >= 0.6 is 11.3 Å². The monoisotopic (exact) mass is 196 g/mol. The summed E-state index contributed by atoms with van der Waals surface area (Å²) in [6.45, 7) is 7.99. The van der Waals surface area contributed by atoms with Gasteiger partial charge in [-0.2, -0.15) is 0 Å². The molecular weight excluding hydrogens is 180 g/mol. The molecule has 0 bridgehead atoms. The molecule has 0 unspecified atom stereocenters. The molecule has 2 heteroatoms. The number of carbonyl (C=O) groups excluding carboxylic acids is 1. The summed E-state index contributed by atoms with van der Waals surface area (Å²) in [5.74, 6) is 0.263. The Morgan fingerprint density at radius 3 is 2.54 bits per heavy atom. The summed E-state index contributed by atoms with van der Waals surface area (Å²) in [6, 6.07) is 2.05. The van der Waals surface area contributed by atoms with E-state index in [0.717, 1.165) is 11.3 Å². The van der Waals surface area contributed by atoms with Crippen LogP contribution in [0, 0.1) is 5.41 Å². The molecule has 0 N–H and O–H groups in total. The lowest BCUT2D eigenvalue weighted by Gasteiger charge is -2.16. The molecule has 1 heterocycles. The molecule has 1 nitrogen and oxygen atoms in total. The van der Waals surface area contributed by atoms with Gasteiger partial charge in [-0.25, -0.2) is 0 Å². The third-order valence-electron chi connectivity index (χ3n) is 2.02. The lowest BCUT2D eigenvalue weighted by atomic mass is 9.88. The Morgan fingerprint density at radius 2 is 2.08 bits per heavy atom. The maximum atomic E-state index is 11.9. The Morgan fingerprint density at radius 1 is 1.46 bits per heavy atom. The number of hydrogen-bond donors (Lipinski definition) is 0. The summed E-state index contributed by atoms with van der Waals surface area (Å²) in [5.41, 5.74) is 0.930. The number of Topliss-reactive ketones (excluding diaryl/α,β-unsaturated/α-hetero) is 1. The molecule has 0 spiro atoms. The van der Waals surface area contributed by atoms with Crippen molar-refractivity contribution in [2.45, 2.75) is 34.1 Å². The number of carbonyl (C=O) groups is 1. The summed E-state index contributed by atoms with van der Waals surface area (Å²) < 4.78 is 0. The van der Waals surface area contributed by atoms with Crippen LogP contribution in [0.3, 0.4) is 0 Å². The van der Waals surface area contributed by atoms with Gasteiger partial charge >= 0.3 is 0 Å². The summed E-state index contributed by atoms with van der Waals surface area (Å²) in [6.07, 6.45) is 0.945. The molecule has 0 fully saturated rings. The van der Waals surface area contributed by atoms with Gasteiger partial charge in [0.15, 0.2) is 5.78 Å². The van der Waals surface area contributed by atoms with E-state index in [9.17, 15) is 4.79 Å². The van der Waals surface area contributed by atoms with Crippen LogP contribution < -0.4 is 0 Å². The highest BCUT2D eigenvalue weighted by molar-refractivity contribution is 7.12. The molecule has 0 amide bonds. The van der Waals surface area contributed by atoms with E-state index in [-0.39, 0.29) is 11.2 Å². The average molecular weight is 196 g/mol. The SMILES string of the molecule is CCc1ccsc1C(=O)C(C)(C)C. The van der Waals surface area contributed by atoms with Crippen LogP contribution in [0.1, 0.15) is 42.9 Å². The van der Waals surface area contributed by atoms with Crippen LogP contribution in [0.2, 0.25) is 0 Å². The van der Waals surface area contributed by atoms with Crippen molar-refractivity contribution in [3.8, 4) is 0 Å². The lowest BCUT2D eigenvalue weighted by molar-refractivity contribution is 0.0862.